The third-order valence-electron chi connectivity index (χ3n) is 3.49. The number of hydrogen-bond acceptors (Lipinski definition) is 3. The molecule has 1 heterocycles. The van der Waals surface area contributed by atoms with Gasteiger partial charge in [-0.15, -0.1) is 11.3 Å². The summed E-state index contributed by atoms with van der Waals surface area (Å²) in [5.41, 5.74) is 4.07. The minimum absolute atomic E-state index is 0.0380. The largest absolute Gasteiger partial charge is 0.326 e. The Kier molecular flexibility index (Phi) is 4.53. The zero-order chi connectivity index (χ0) is 16.2. The maximum Gasteiger partial charge on any atom is 0.231 e. The second-order valence-corrected chi connectivity index (χ2v) is 6.57. The van der Waals surface area contributed by atoms with E-state index in [2.05, 4.69) is 22.4 Å². The molecule has 3 rings (SSSR count). The summed E-state index contributed by atoms with van der Waals surface area (Å²) in [6.45, 7) is 3.99. The van der Waals surface area contributed by atoms with E-state index in [4.69, 9.17) is 0 Å². The molecule has 0 aliphatic rings. The van der Waals surface area contributed by atoms with Gasteiger partial charge >= 0.3 is 0 Å². The lowest BCUT2D eigenvalue weighted by atomic mass is 10.2. The van der Waals surface area contributed by atoms with Crippen molar-refractivity contribution in [3.05, 3.63) is 70.9 Å². The molecule has 2 aromatic carbocycles. The first-order valence-electron chi connectivity index (χ1n) is 7.50. The van der Waals surface area contributed by atoms with E-state index >= 15 is 0 Å². The molecular formula is C19H18N2OS. The maximum absolute atomic E-state index is 12.2. The topological polar surface area (TPSA) is 42.0 Å². The van der Waals surface area contributed by atoms with E-state index in [1.165, 1.54) is 0 Å². The lowest BCUT2D eigenvalue weighted by molar-refractivity contribution is -0.115. The lowest BCUT2D eigenvalue weighted by Crippen LogP contribution is -2.14. The van der Waals surface area contributed by atoms with Gasteiger partial charge in [-0.25, -0.2) is 4.98 Å². The number of nitrogens with zero attached hydrogens (tertiary/aromatic N) is 1. The molecule has 1 aromatic heterocycles. The van der Waals surface area contributed by atoms with Crippen LogP contribution in [0.3, 0.4) is 0 Å². The van der Waals surface area contributed by atoms with Gasteiger partial charge in [-0.3, -0.25) is 4.79 Å². The first-order valence-corrected chi connectivity index (χ1v) is 8.32. The fraction of sp³-hybridized carbons (Fsp3) is 0.158. The Labute approximate surface area is 140 Å². The van der Waals surface area contributed by atoms with Crippen molar-refractivity contribution < 1.29 is 4.79 Å². The summed E-state index contributed by atoms with van der Waals surface area (Å²) < 4.78 is 0. The molecule has 0 saturated heterocycles. The predicted octanol–water partition coefficient (Wildman–Crippen LogP) is 4.61. The summed E-state index contributed by atoms with van der Waals surface area (Å²) in [5.74, 6) is -0.0380. The van der Waals surface area contributed by atoms with Gasteiger partial charge in [-0.2, -0.15) is 0 Å². The molecule has 0 fully saturated rings. The quantitative estimate of drug-likeness (QED) is 0.762. The Bertz CT molecular complexity index is 824. The zero-order valence-corrected chi connectivity index (χ0v) is 14.0. The number of hydrogen-bond donors (Lipinski definition) is 1. The molecule has 1 amide bonds. The van der Waals surface area contributed by atoms with E-state index in [1.54, 1.807) is 11.3 Å². The van der Waals surface area contributed by atoms with Gasteiger partial charge in [0, 0.05) is 5.69 Å². The summed E-state index contributed by atoms with van der Waals surface area (Å²) in [5, 5.41) is 3.77. The number of thiazole rings is 1. The molecule has 23 heavy (non-hydrogen) atoms. The predicted molar refractivity (Wildman–Crippen MR) is 95.8 cm³/mol. The highest BCUT2D eigenvalue weighted by Gasteiger charge is 2.12. The van der Waals surface area contributed by atoms with Gasteiger partial charge in [0.25, 0.3) is 0 Å². The van der Waals surface area contributed by atoms with Crippen LogP contribution in [0.15, 0.2) is 54.6 Å². The Balaban J connectivity index is 1.72. The molecule has 0 atom stereocenters. The van der Waals surface area contributed by atoms with Gasteiger partial charge in [0.1, 0.15) is 5.01 Å². The van der Waals surface area contributed by atoms with E-state index in [0.717, 1.165) is 32.4 Å². The number of rotatable bonds is 4. The maximum atomic E-state index is 12.2. The van der Waals surface area contributed by atoms with Crippen LogP contribution in [0.1, 0.15) is 16.3 Å². The van der Waals surface area contributed by atoms with Gasteiger partial charge in [-0.1, -0.05) is 42.5 Å². The molecule has 4 heteroatoms. The fourth-order valence-electron chi connectivity index (χ4n) is 2.45. The van der Waals surface area contributed by atoms with Crippen LogP contribution in [0.2, 0.25) is 0 Å². The van der Waals surface area contributed by atoms with Crippen LogP contribution in [-0.4, -0.2) is 10.9 Å². The summed E-state index contributed by atoms with van der Waals surface area (Å²) in [6, 6.07) is 18.0. The minimum atomic E-state index is -0.0380. The molecule has 3 aromatic rings. The molecular weight excluding hydrogens is 304 g/mol. The van der Waals surface area contributed by atoms with Crippen LogP contribution in [0.4, 0.5) is 5.69 Å². The van der Waals surface area contributed by atoms with Gasteiger partial charge in [0.2, 0.25) is 5.91 Å². The van der Waals surface area contributed by atoms with Crippen LogP contribution in [0.25, 0.3) is 10.4 Å². The Morgan fingerprint density at radius 3 is 2.61 bits per heavy atom. The molecule has 1 N–H and O–H groups in total. The van der Waals surface area contributed by atoms with E-state index < -0.39 is 0 Å². The van der Waals surface area contributed by atoms with Crippen molar-refractivity contribution in [3.63, 3.8) is 0 Å². The van der Waals surface area contributed by atoms with Gasteiger partial charge < -0.3 is 5.32 Å². The molecule has 0 saturated carbocycles. The smallest absolute Gasteiger partial charge is 0.231 e. The first-order chi connectivity index (χ1) is 11.1. The number of carbonyl (C=O) groups excluding carboxylic acids is 1. The summed E-state index contributed by atoms with van der Waals surface area (Å²) >= 11 is 1.58. The molecule has 0 aliphatic carbocycles. The van der Waals surface area contributed by atoms with E-state index in [0.29, 0.717) is 6.42 Å². The number of anilines is 1. The van der Waals surface area contributed by atoms with Crippen molar-refractivity contribution in [2.45, 2.75) is 20.3 Å². The SMILES string of the molecule is Cc1cccc(NC(=O)Cc2nc(C)c(-c3ccccc3)s2)c1. The third-order valence-corrected chi connectivity index (χ3v) is 4.70. The van der Waals surface area contributed by atoms with Crippen LogP contribution in [-0.2, 0) is 11.2 Å². The Morgan fingerprint density at radius 1 is 1.09 bits per heavy atom. The van der Waals surface area contributed by atoms with Gasteiger partial charge in [0.05, 0.1) is 17.0 Å². The number of nitrogens with one attached hydrogen (secondary N) is 1. The average Bonchev–Trinajstić information content (AvgIpc) is 2.88. The highest BCUT2D eigenvalue weighted by atomic mass is 32.1. The monoisotopic (exact) mass is 322 g/mol. The van der Waals surface area contributed by atoms with E-state index in [9.17, 15) is 4.79 Å². The summed E-state index contributed by atoms with van der Waals surface area (Å²) in [4.78, 5) is 17.9. The average molecular weight is 322 g/mol. The molecule has 0 spiro atoms. The standard InChI is InChI=1S/C19H18N2OS/c1-13-7-6-10-16(11-13)21-17(22)12-18-20-14(2)19(23-18)15-8-4-3-5-9-15/h3-11H,12H2,1-2H3,(H,21,22). The molecule has 116 valence electrons. The second kappa shape index (κ2) is 6.75. The van der Waals surface area contributed by atoms with E-state index in [-0.39, 0.29) is 5.91 Å². The summed E-state index contributed by atoms with van der Waals surface area (Å²) in [7, 11) is 0. The third kappa shape index (κ3) is 3.85. The Hall–Kier alpha value is -2.46. The van der Waals surface area contributed by atoms with Crippen LogP contribution >= 0.6 is 11.3 Å². The van der Waals surface area contributed by atoms with Crippen molar-refractivity contribution in [2.24, 2.45) is 0 Å². The number of amides is 1. The van der Waals surface area contributed by atoms with Crippen molar-refractivity contribution in [1.82, 2.24) is 4.98 Å². The van der Waals surface area contributed by atoms with Crippen molar-refractivity contribution in [2.75, 3.05) is 5.32 Å². The highest BCUT2D eigenvalue weighted by Crippen LogP contribution is 2.30. The summed E-state index contributed by atoms with van der Waals surface area (Å²) in [6.07, 6.45) is 0.298. The zero-order valence-electron chi connectivity index (χ0n) is 13.2. The van der Waals surface area contributed by atoms with Gasteiger partial charge in [0.15, 0.2) is 0 Å². The number of aromatic nitrogens is 1. The molecule has 0 aliphatic heterocycles. The highest BCUT2D eigenvalue weighted by molar-refractivity contribution is 7.15. The fourth-order valence-corrected chi connectivity index (χ4v) is 3.52. The molecule has 0 bridgehead atoms. The molecule has 0 unspecified atom stereocenters. The van der Waals surface area contributed by atoms with E-state index in [1.807, 2.05) is 56.3 Å². The first kappa shape index (κ1) is 15.4. The van der Waals surface area contributed by atoms with Gasteiger partial charge in [-0.05, 0) is 37.1 Å². The number of aryl methyl sites for hydroxylation is 2. The number of carbonyl (C=O) groups is 1. The minimum Gasteiger partial charge on any atom is -0.326 e. The normalized spacial score (nSPS) is 10.5. The van der Waals surface area contributed by atoms with Crippen LogP contribution in [0.5, 0.6) is 0 Å². The van der Waals surface area contributed by atoms with Crippen LogP contribution in [0, 0.1) is 13.8 Å². The van der Waals surface area contributed by atoms with Crippen molar-refractivity contribution >= 4 is 22.9 Å². The molecule has 0 radical (unpaired) electrons. The lowest BCUT2D eigenvalue weighted by Gasteiger charge is -2.04. The van der Waals surface area contributed by atoms with Crippen molar-refractivity contribution in [3.8, 4) is 10.4 Å². The molecule has 3 nitrogen and oxygen atoms in total. The number of benzene rings is 2. The van der Waals surface area contributed by atoms with Crippen molar-refractivity contribution in [1.29, 1.82) is 0 Å². The Morgan fingerprint density at radius 2 is 1.87 bits per heavy atom. The second-order valence-electron chi connectivity index (χ2n) is 5.48. The van der Waals surface area contributed by atoms with Crippen LogP contribution < -0.4 is 5.32 Å².